The summed E-state index contributed by atoms with van der Waals surface area (Å²) in [6.45, 7) is 1.90. The molecule has 0 amide bonds. The lowest BCUT2D eigenvalue weighted by molar-refractivity contribution is -0.172. The smallest absolute Gasteiger partial charge is 0.337 e. The molecule has 0 unspecified atom stereocenters. The first-order valence-electron chi connectivity index (χ1n) is 7.00. The fourth-order valence-electron chi connectivity index (χ4n) is 4.40. The number of carboxylic acids is 1. The van der Waals surface area contributed by atoms with E-state index in [4.69, 9.17) is 4.74 Å². The molecule has 0 aromatic heterocycles. The van der Waals surface area contributed by atoms with Crippen molar-refractivity contribution in [1.82, 2.24) is 0 Å². The van der Waals surface area contributed by atoms with E-state index < -0.39 is 22.4 Å². The standard InChI is InChI=1S/C16H20O4/c1-14-7-9-15(10-8-14,16(14,19)13(17)18)11-3-5-12(20-2)6-4-11/h3-6,19H,7-10H2,1-2H3,(H,17,18)/t14?,15?,16-/m1/s1. The number of aliphatic carboxylic acids is 1. The lowest BCUT2D eigenvalue weighted by Crippen LogP contribution is -2.56. The summed E-state index contributed by atoms with van der Waals surface area (Å²) in [6, 6.07) is 7.45. The third-order valence-corrected chi connectivity index (χ3v) is 5.73. The Kier molecular flexibility index (Phi) is 2.67. The molecule has 2 saturated carbocycles. The summed E-state index contributed by atoms with van der Waals surface area (Å²) in [5, 5.41) is 20.7. The number of fused-ring (bicyclic) bond motifs is 2. The lowest BCUT2D eigenvalue weighted by atomic mass is 9.68. The largest absolute Gasteiger partial charge is 0.497 e. The highest BCUT2D eigenvalue weighted by Gasteiger charge is 2.74. The van der Waals surface area contributed by atoms with E-state index in [1.54, 1.807) is 7.11 Å². The van der Waals surface area contributed by atoms with Crippen molar-refractivity contribution in [3.63, 3.8) is 0 Å². The van der Waals surface area contributed by atoms with Gasteiger partial charge in [-0.2, -0.15) is 0 Å². The van der Waals surface area contributed by atoms with Crippen LogP contribution in [0.2, 0.25) is 0 Å². The van der Waals surface area contributed by atoms with E-state index >= 15 is 0 Å². The summed E-state index contributed by atoms with van der Waals surface area (Å²) < 4.78 is 5.15. The first-order chi connectivity index (χ1) is 9.39. The van der Waals surface area contributed by atoms with Crippen molar-refractivity contribution in [2.75, 3.05) is 7.11 Å². The third-order valence-electron chi connectivity index (χ3n) is 5.73. The van der Waals surface area contributed by atoms with E-state index in [9.17, 15) is 15.0 Å². The molecule has 2 aliphatic rings. The first kappa shape index (κ1) is 13.4. The van der Waals surface area contributed by atoms with Crippen LogP contribution in [0.3, 0.4) is 0 Å². The molecular weight excluding hydrogens is 256 g/mol. The number of aliphatic hydroxyl groups is 1. The molecule has 0 saturated heterocycles. The van der Waals surface area contributed by atoms with Gasteiger partial charge in [0, 0.05) is 10.8 Å². The topological polar surface area (TPSA) is 66.8 Å². The van der Waals surface area contributed by atoms with Gasteiger partial charge < -0.3 is 14.9 Å². The van der Waals surface area contributed by atoms with E-state index in [2.05, 4.69) is 0 Å². The minimum absolute atomic E-state index is 0.529. The molecule has 0 spiro atoms. The summed E-state index contributed by atoms with van der Waals surface area (Å²) in [4.78, 5) is 11.8. The van der Waals surface area contributed by atoms with Crippen LogP contribution >= 0.6 is 0 Å². The van der Waals surface area contributed by atoms with E-state index in [0.717, 1.165) is 37.0 Å². The normalized spacial score (nSPS) is 39.0. The van der Waals surface area contributed by atoms with E-state index in [0.29, 0.717) is 0 Å². The molecule has 2 fully saturated rings. The number of benzene rings is 1. The maximum atomic E-state index is 11.8. The van der Waals surface area contributed by atoms with Crippen molar-refractivity contribution in [3.8, 4) is 5.75 Å². The van der Waals surface area contributed by atoms with Crippen LogP contribution in [-0.4, -0.2) is 28.9 Å². The van der Waals surface area contributed by atoms with E-state index in [1.165, 1.54) is 0 Å². The van der Waals surface area contributed by atoms with Crippen LogP contribution in [0.1, 0.15) is 38.2 Å². The summed E-state index contributed by atoms with van der Waals surface area (Å²) in [6.07, 6.45) is 2.95. The summed E-state index contributed by atoms with van der Waals surface area (Å²) in [5.74, 6) is -0.353. The molecule has 4 nitrogen and oxygen atoms in total. The molecule has 1 atom stereocenters. The molecule has 0 radical (unpaired) electrons. The predicted octanol–water partition coefficient (Wildman–Crippen LogP) is 2.34. The molecule has 0 aliphatic heterocycles. The van der Waals surface area contributed by atoms with Gasteiger partial charge in [0.2, 0.25) is 0 Å². The molecule has 20 heavy (non-hydrogen) atoms. The zero-order valence-corrected chi connectivity index (χ0v) is 11.8. The highest BCUT2D eigenvalue weighted by Crippen LogP contribution is 2.68. The number of methoxy groups -OCH3 is 1. The lowest BCUT2D eigenvalue weighted by Gasteiger charge is -2.39. The van der Waals surface area contributed by atoms with E-state index in [1.807, 2.05) is 31.2 Å². The highest BCUT2D eigenvalue weighted by atomic mass is 16.5. The average molecular weight is 276 g/mol. The van der Waals surface area contributed by atoms with Gasteiger partial charge >= 0.3 is 5.97 Å². The Labute approximate surface area is 118 Å². The molecule has 2 aliphatic carbocycles. The zero-order valence-electron chi connectivity index (χ0n) is 11.8. The van der Waals surface area contributed by atoms with Gasteiger partial charge in [0.05, 0.1) is 7.11 Å². The number of ether oxygens (including phenoxy) is 1. The molecule has 2 bridgehead atoms. The van der Waals surface area contributed by atoms with Crippen molar-refractivity contribution in [3.05, 3.63) is 29.8 Å². The Balaban J connectivity index is 2.13. The van der Waals surface area contributed by atoms with Gasteiger partial charge in [-0.3, -0.25) is 0 Å². The second-order valence-corrected chi connectivity index (χ2v) is 6.39. The van der Waals surface area contributed by atoms with Gasteiger partial charge in [0.25, 0.3) is 0 Å². The van der Waals surface area contributed by atoms with Crippen LogP contribution in [0.25, 0.3) is 0 Å². The van der Waals surface area contributed by atoms with Crippen molar-refractivity contribution in [2.24, 2.45) is 5.41 Å². The summed E-state index contributed by atoms with van der Waals surface area (Å²) >= 11 is 0. The Morgan fingerprint density at radius 1 is 1.15 bits per heavy atom. The van der Waals surface area contributed by atoms with E-state index in [-0.39, 0.29) is 0 Å². The molecule has 1 aromatic carbocycles. The molecule has 3 rings (SSSR count). The summed E-state index contributed by atoms with van der Waals surface area (Å²) in [7, 11) is 1.60. The zero-order chi connectivity index (χ0) is 14.6. The molecule has 4 heteroatoms. The van der Waals surface area contributed by atoms with Crippen molar-refractivity contribution in [2.45, 2.75) is 43.6 Å². The highest BCUT2D eigenvalue weighted by molar-refractivity contribution is 5.83. The van der Waals surface area contributed by atoms with Crippen LogP contribution in [0.15, 0.2) is 24.3 Å². The van der Waals surface area contributed by atoms with Crippen molar-refractivity contribution >= 4 is 5.97 Å². The third kappa shape index (κ3) is 1.32. The minimum atomic E-state index is -1.67. The van der Waals surface area contributed by atoms with Gasteiger partial charge in [-0.25, -0.2) is 4.79 Å². The summed E-state index contributed by atoms with van der Waals surface area (Å²) in [5.41, 5.74) is -1.96. The Bertz CT molecular complexity index is 540. The number of rotatable bonds is 3. The monoisotopic (exact) mass is 276 g/mol. The maximum Gasteiger partial charge on any atom is 0.337 e. The van der Waals surface area contributed by atoms with Crippen LogP contribution in [-0.2, 0) is 10.2 Å². The van der Waals surface area contributed by atoms with Crippen LogP contribution in [0.4, 0.5) is 0 Å². The van der Waals surface area contributed by atoms with Crippen LogP contribution < -0.4 is 4.74 Å². The number of hydrogen-bond acceptors (Lipinski definition) is 3. The maximum absolute atomic E-state index is 11.8. The van der Waals surface area contributed by atoms with Gasteiger partial charge in [0.1, 0.15) is 5.75 Å². The predicted molar refractivity (Wildman–Crippen MR) is 73.8 cm³/mol. The second-order valence-electron chi connectivity index (χ2n) is 6.39. The number of carbonyl (C=O) groups is 1. The van der Waals surface area contributed by atoms with Crippen molar-refractivity contribution in [1.29, 1.82) is 0 Å². The van der Waals surface area contributed by atoms with Gasteiger partial charge in [-0.15, -0.1) is 0 Å². The molecule has 1 aromatic rings. The fraction of sp³-hybridized carbons (Fsp3) is 0.562. The molecule has 2 N–H and O–H groups in total. The first-order valence-corrected chi connectivity index (χ1v) is 7.00. The molecule has 108 valence electrons. The van der Waals surface area contributed by atoms with Gasteiger partial charge in [-0.1, -0.05) is 19.1 Å². The second kappa shape index (κ2) is 3.98. The fourth-order valence-corrected chi connectivity index (χ4v) is 4.40. The Morgan fingerprint density at radius 2 is 1.70 bits per heavy atom. The Morgan fingerprint density at radius 3 is 2.15 bits per heavy atom. The van der Waals surface area contributed by atoms with Crippen LogP contribution in [0.5, 0.6) is 5.75 Å². The average Bonchev–Trinajstić information content (AvgIpc) is 2.83. The minimum Gasteiger partial charge on any atom is -0.497 e. The molecule has 0 heterocycles. The molecular formula is C16H20O4. The number of carboxylic acid groups (broad SMARTS) is 1. The number of hydrogen-bond donors (Lipinski definition) is 2. The van der Waals surface area contributed by atoms with Crippen LogP contribution in [0, 0.1) is 5.41 Å². The van der Waals surface area contributed by atoms with Gasteiger partial charge in [0.15, 0.2) is 5.60 Å². The van der Waals surface area contributed by atoms with Crippen molar-refractivity contribution < 1.29 is 19.7 Å². The van der Waals surface area contributed by atoms with Gasteiger partial charge in [-0.05, 0) is 43.4 Å². The SMILES string of the molecule is COc1ccc(C23CCC(C)(CC2)[C@]3(O)C(=O)O)cc1. The quantitative estimate of drug-likeness (QED) is 0.889. The Hall–Kier alpha value is -1.55.